The van der Waals surface area contributed by atoms with Gasteiger partial charge in [0, 0.05) is 18.4 Å². The first-order valence-electron chi connectivity index (χ1n) is 7.02. The van der Waals surface area contributed by atoms with Gasteiger partial charge in [-0.3, -0.25) is 4.79 Å². The molecule has 1 aliphatic heterocycles. The van der Waals surface area contributed by atoms with Crippen LogP contribution in [0, 0.1) is 11.3 Å². The molecule has 2 aliphatic rings. The molecule has 0 aromatic carbocycles. The molecule has 0 radical (unpaired) electrons. The van der Waals surface area contributed by atoms with Crippen LogP contribution >= 0.6 is 0 Å². The Labute approximate surface area is 104 Å². The summed E-state index contributed by atoms with van der Waals surface area (Å²) in [6, 6.07) is 0. The molecule has 1 amide bonds. The van der Waals surface area contributed by atoms with Crippen LogP contribution in [-0.4, -0.2) is 25.7 Å². The number of carbonyl (C=O) groups is 1. The molecular weight excluding hydrogens is 214 g/mol. The summed E-state index contributed by atoms with van der Waals surface area (Å²) < 4.78 is 5.19. The third kappa shape index (κ3) is 3.98. The van der Waals surface area contributed by atoms with Gasteiger partial charge in [0.05, 0.1) is 13.2 Å². The first kappa shape index (κ1) is 12.9. The molecule has 1 N–H and O–H groups in total. The van der Waals surface area contributed by atoms with Gasteiger partial charge in [-0.05, 0) is 18.8 Å². The maximum Gasteiger partial charge on any atom is 0.220 e. The number of hydrogen-bond acceptors (Lipinski definition) is 2. The zero-order valence-corrected chi connectivity index (χ0v) is 11.0. The Morgan fingerprint density at radius 3 is 2.41 bits per heavy atom. The van der Waals surface area contributed by atoms with Crippen LogP contribution in [-0.2, 0) is 9.53 Å². The highest BCUT2D eigenvalue weighted by atomic mass is 16.5. The predicted molar refractivity (Wildman–Crippen MR) is 67.7 cm³/mol. The van der Waals surface area contributed by atoms with E-state index in [4.69, 9.17) is 4.74 Å². The third-order valence-electron chi connectivity index (χ3n) is 4.06. The number of amides is 1. The molecule has 1 aliphatic carbocycles. The van der Waals surface area contributed by atoms with Gasteiger partial charge in [0.2, 0.25) is 5.91 Å². The largest absolute Gasteiger partial charge is 0.380 e. The maximum absolute atomic E-state index is 11.9. The van der Waals surface area contributed by atoms with Gasteiger partial charge in [-0.2, -0.15) is 0 Å². The lowest BCUT2D eigenvalue weighted by atomic mass is 9.88. The number of nitrogens with one attached hydrogen (secondary N) is 1. The Bertz CT molecular complexity index is 253. The number of carbonyl (C=O) groups excluding carboxylic acids is 1. The molecular formula is C14H25NO2. The number of ether oxygens (including phenoxy) is 1. The summed E-state index contributed by atoms with van der Waals surface area (Å²) in [7, 11) is 0. The number of rotatable bonds is 4. The quantitative estimate of drug-likeness (QED) is 0.765. The second-order valence-corrected chi connectivity index (χ2v) is 6.14. The van der Waals surface area contributed by atoms with E-state index in [1.807, 2.05) is 0 Å². The van der Waals surface area contributed by atoms with Crippen molar-refractivity contribution in [2.24, 2.45) is 11.3 Å². The molecule has 17 heavy (non-hydrogen) atoms. The van der Waals surface area contributed by atoms with Crippen LogP contribution in [0.25, 0.3) is 0 Å². The topological polar surface area (TPSA) is 38.3 Å². The molecule has 0 bridgehead atoms. The van der Waals surface area contributed by atoms with Crippen LogP contribution in [0.1, 0.15) is 51.9 Å². The van der Waals surface area contributed by atoms with Crippen molar-refractivity contribution in [1.82, 2.24) is 5.32 Å². The molecule has 3 nitrogen and oxygen atoms in total. The molecule has 0 unspecified atom stereocenters. The van der Waals surface area contributed by atoms with E-state index in [-0.39, 0.29) is 11.3 Å². The summed E-state index contributed by atoms with van der Waals surface area (Å²) in [6.07, 6.45) is 8.55. The van der Waals surface area contributed by atoms with Crippen LogP contribution in [0.4, 0.5) is 0 Å². The van der Waals surface area contributed by atoms with E-state index >= 15 is 0 Å². The summed E-state index contributed by atoms with van der Waals surface area (Å²) in [6.45, 7) is 4.52. The molecule has 0 atom stereocenters. The van der Waals surface area contributed by atoms with E-state index in [9.17, 15) is 4.79 Å². The third-order valence-corrected chi connectivity index (χ3v) is 4.06. The summed E-state index contributed by atoms with van der Waals surface area (Å²) >= 11 is 0. The minimum Gasteiger partial charge on any atom is -0.380 e. The van der Waals surface area contributed by atoms with Crippen molar-refractivity contribution in [3.63, 3.8) is 0 Å². The van der Waals surface area contributed by atoms with Crippen molar-refractivity contribution in [2.75, 3.05) is 19.8 Å². The van der Waals surface area contributed by atoms with Crippen LogP contribution < -0.4 is 5.32 Å². The summed E-state index contributed by atoms with van der Waals surface area (Å²) in [5.74, 6) is 0.868. The fourth-order valence-corrected chi connectivity index (χ4v) is 2.77. The normalized spacial score (nSPS) is 24.8. The Morgan fingerprint density at radius 1 is 1.24 bits per heavy atom. The van der Waals surface area contributed by atoms with Crippen LogP contribution in [0.5, 0.6) is 0 Å². The standard InChI is InChI=1S/C14H25NO2/c1-14(10-17-11-14)9-15-13(16)8-12-6-4-2-3-5-7-12/h12H,2-11H2,1H3,(H,15,16). The zero-order valence-electron chi connectivity index (χ0n) is 11.0. The minimum atomic E-state index is 0.194. The Kier molecular flexibility index (Phi) is 4.43. The fourth-order valence-electron chi connectivity index (χ4n) is 2.77. The van der Waals surface area contributed by atoms with E-state index in [2.05, 4.69) is 12.2 Å². The van der Waals surface area contributed by atoms with E-state index < -0.39 is 0 Å². The monoisotopic (exact) mass is 239 g/mol. The van der Waals surface area contributed by atoms with Gasteiger partial charge in [0.15, 0.2) is 0 Å². The highest BCUT2D eigenvalue weighted by Crippen LogP contribution is 2.27. The summed E-state index contributed by atoms with van der Waals surface area (Å²) in [4.78, 5) is 11.9. The molecule has 1 heterocycles. The second kappa shape index (κ2) is 5.85. The van der Waals surface area contributed by atoms with Crippen molar-refractivity contribution < 1.29 is 9.53 Å². The van der Waals surface area contributed by atoms with Gasteiger partial charge in [-0.25, -0.2) is 0 Å². The summed E-state index contributed by atoms with van der Waals surface area (Å²) in [5.41, 5.74) is 0.194. The van der Waals surface area contributed by atoms with Gasteiger partial charge in [-0.1, -0.05) is 32.6 Å². The number of hydrogen-bond donors (Lipinski definition) is 1. The van der Waals surface area contributed by atoms with Crippen molar-refractivity contribution in [3.05, 3.63) is 0 Å². The molecule has 1 saturated carbocycles. The van der Waals surface area contributed by atoms with Gasteiger partial charge in [0.1, 0.15) is 0 Å². The van der Waals surface area contributed by atoms with Gasteiger partial charge < -0.3 is 10.1 Å². The lowest BCUT2D eigenvalue weighted by Gasteiger charge is -2.38. The predicted octanol–water partition coefficient (Wildman–Crippen LogP) is 2.50. The van der Waals surface area contributed by atoms with Crippen LogP contribution in [0.15, 0.2) is 0 Å². The zero-order chi connectivity index (χ0) is 12.1. The van der Waals surface area contributed by atoms with E-state index in [0.717, 1.165) is 26.2 Å². The molecule has 0 aromatic heterocycles. The van der Waals surface area contributed by atoms with Crippen molar-refractivity contribution in [3.8, 4) is 0 Å². The van der Waals surface area contributed by atoms with Crippen LogP contribution in [0.2, 0.25) is 0 Å². The molecule has 2 fully saturated rings. The van der Waals surface area contributed by atoms with Gasteiger partial charge in [0.25, 0.3) is 0 Å². The molecule has 2 rings (SSSR count). The second-order valence-electron chi connectivity index (χ2n) is 6.14. The molecule has 0 aromatic rings. The van der Waals surface area contributed by atoms with Crippen molar-refractivity contribution in [2.45, 2.75) is 51.9 Å². The average molecular weight is 239 g/mol. The summed E-state index contributed by atoms with van der Waals surface area (Å²) in [5, 5.41) is 3.07. The Balaban J connectivity index is 1.65. The minimum absolute atomic E-state index is 0.194. The van der Waals surface area contributed by atoms with Gasteiger partial charge >= 0.3 is 0 Å². The lowest BCUT2D eigenvalue weighted by Crippen LogP contribution is -2.48. The smallest absolute Gasteiger partial charge is 0.220 e. The Morgan fingerprint density at radius 2 is 1.88 bits per heavy atom. The van der Waals surface area contributed by atoms with E-state index in [0.29, 0.717) is 5.92 Å². The van der Waals surface area contributed by atoms with Crippen LogP contribution in [0.3, 0.4) is 0 Å². The van der Waals surface area contributed by atoms with Crippen molar-refractivity contribution in [1.29, 1.82) is 0 Å². The molecule has 0 spiro atoms. The molecule has 98 valence electrons. The molecule has 3 heteroatoms. The van der Waals surface area contributed by atoms with Crippen molar-refractivity contribution >= 4 is 5.91 Å². The Hall–Kier alpha value is -0.570. The van der Waals surface area contributed by atoms with Gasteiger partial charge in [-0.15, -0.1) is 0 Å². The average Bonchev–Trinajstić information content (AvgIpc) is 2.52. The maximum atomic E-state index is 11.9. The lowest BCUT2D eigenvalue weighted by molar-refractivity contribution is -0.127. The first-order chi connectivity index (χ1) is 8.18. The first-order valence-corrected chi connectivity index (χ1v) is 7.02. The molecule has 1 saturated heterocycles. The van der Waals surface area contributed by atoms with E-state index in [1.165, 1.54) is 38.5 Å². The SMILES string of the molecule is CC1(CNC(=O)CC2CCCCCC2)COC1. The fraction of sp³-hybridized carbons (Fsp3) is 0.929. The van der Waals surface area contributed by atoms with E-state index in [1.54, 1.807) is 0 Å². The highest BCUT2D eigenvalue weighted by molar-refractivity contribution is 5.76. The highest BCUT2D eigenvalue weighted by Gasteiger charge is 2.33.